The number of benzene rings is 1. The Morgan fingerprint density at radius 1 is 1.13 bits per heavy atom. The van der Waals surface area contributed by atoms with Crippen molar-refractivity contribution in [3.8, 4) is 22.7 Å². The maximum atomic E-state index is 12.5. The van der Waals surface area contributed by atoms with Gasteiger partial charge in [-0.1, -0.05) is 0 Å². The van der Waals surface area contributed by atoms with Gasteiger partial charge in [-0.15, -0.1) is 5.10 Å². The standard InChI is InChI=1S/C26H27N9O3S/c1-38-24-11-16(33-39(36,37)18-4-5-18)3-6-22(24)35-23-12-21(19-14-30-34-8-2-7-28-26(19)34)29-13-20(23)25(32-35)31-17-9-15(27)10-17/h2-3,6-8,11-15,17-18,33H,4-5,9-10,27H2,1H3,(H,31,32). The Labute approximate surface area is 224 Å². The number of anilines is 2. The SMILES string of the molecule is COc1cc(NS(=O)(=O)C2CC2)ccc1-n1nc(NC2CC(N)C2)c2cnc(-c3cnn4cccnc34)cc21. The Balaban J connectivity index is 1.34. The Bertz CT molecular complexity index is 1820. The van der Waals surface area contributed by atoms with Crippen molar-refractivity contribution < 1.29 is 13.2 Å². The number of nitrogens with zero attached hydrogens (tertiary/aromatic N) is 6. The van der Waals surface area contributed by atoms with E-state index in [9.17, 15) is 8.42 Å². The molecule has 4 heterocycles. The molecule has 0 aliphatic heterocycles. The summed E-state index contributed by atoms with van der Waals surface area (Å²) < 4.78 is 36.9. The van der Waals surface area contributed by atoms with Crippen LogP contribution in [0.2, 0.25) is 0 Å². The minimum absolute atomic E-state index is 0.191. The van der Waals surface area contributed by atoms with Gasteiger partial charge in [0.05, 0.1) is 46.4 Å². The number of ether oxygens (including phenoxy) is 1. The van der Waals surface area contributed by atoms with E-state index in [0.717, 1.165) is 29.3 Å². The van der Waals surface area contributed by atoms with Gasteiger partial charge in [-0.05, 0) is 49.9 Å². The first-order valence-electron chi connectivity index (χ1n) is 12.8. The minimum Gasteiger partial charge on any atom is -0.494 e. The molecule has 5 aromatic rings. The number of methoxy groups -OCH3 is 1. The molecule has 13 heteroatoms. The largest absolute Gasteiger partial charge is 0.494 e. The molecule has 7 rings (SSSR count). The third-order valence-electron chi connectivity index (χ3n) is 7.27. The molecule has 2 aliphatic carbocycles. The molecule has 39 heavy (non-hydrogen) atoms. The molecule has 0 atom stereocenters. The number of nitrogens with one attached hydrogen (secondary N) is 2. The maximum Gasteiger partial charge on any atom is 0.235 e. The molecule has 0 bridgehead atoms. The van der Waals surface area contributed by atoms with Gasteiger partial charge in [0.25, 0.3) is 0 Å². The van der Waals surface area contributed by atoms with E-state index in [4.69, 9.17) is 20.6 Å². The fraction of sp³-hybridized carbons (Fsp3) is 0.308. The van der Waals surface area contributed by atoms with Crippen molar-refractivity contribution in [2.24, 2.45) is 5.73 Å². The van der Waals surface area contributed by atoms with Crippen LogP contribution in [0.3, 0.4) is 0 Å². The zero-order valence-electron chi connectivity index (χ0n) is 21.2. The van der Waals surface area contributed by atoms with E-state index in [1.54, 1.807) is 53.1 Å². The monoisotopic (exact) mass is 545 g/mol. The average molecular weight is 546 g/mol. The average Bonchev–Trinajstić information content (AvgIpc) is 3.62. The Hall–Kier alpha value is -4.23. The highest BCUT2D eigenvalue weighted by Crippen LogP contribution is 2.36. The van der Waals surface area contributed by atoms with Gasteiger partial charge in [-0.3, -0.25) is 9.71 Å². The molecule has 2 aliphatic rings. The molecule has 0 amide bonds. The summed E-state index contributed by atoms with van der Waals surface area (Å²) in [6, 6.07) is 9.40. The van der Waals surface area contributed by atoms with Crippen LogP contribution in [0.5, 0.6) is 5.75 Å². The number of sulfonamides is 1. The van der Waals surface area contributed by atoms with Crippen LogP contribution in [0.15, 0.2) is 55.1 Å². The minimum atomic E-state index is -3.41. The highest BCUT2D eigenvalue weighted by atomic mass is 32.2. The second-order valence-corrected chi connectivity index (χ2v) is 12.1. The third kappa shape index (κ3) is 4.23. The van der Waals surface area contributed by atoms with Gasteiger partial charge in [-0.25, -0.2) is 22.6 Å². The van der Waals surface area contributed by atoms with Crippen LogP contribution in [0.25, 0.3) is 33.5 Å². The summed E-state index contributed by atoms with van der Waals surface area (Å²) in [7, 11) is -1.85. The second-order valence-electron chi connectivity index (χ2n) is 10.1. The number of hydrogen-bond donors (Lipinski definition) is 3. The van der Waals surface area contributed by atoms with Crippen LogP contribution in [-0.2, 0) is 10.0 Å². The highest BCUT2D eigenvalue weighted by molar-refractivity contribution is 7.93. The third-order valence-corrected chi connectivity index (χ3v) is 9.14. The molecule has 0 spiro atoms. The maximum absolute atomic E-state index is 12.5. The van der Waals surface area contributed by atoms with Crippen molar-refractivity contribution in [2.45, 2.75) is 43.0 Å². The van der Waals surface area contributed by atoms with Gasteiger partial charge >= 0.3 is 0 Å². The molecule has 0 unspecified atom stereocenters. The fourth-order valence-electron chi connectivity index (χ4n) is 4.97. The lowest BCUT2D eigenvalue weighted by Gasteiger charge is -2.33. The molecule has 200 valence electrons. The van der Waals surface area contributed by atoms with Gasteiger partial charge in [0.15, 0.2) is 11.5 Å². The molecule has 2 saturated carbocycles. The lowest BCUT2D eigenvalue weighted by Crippen LogP contribution is -2.44. The summed E-state index contributed by atoms with van der Waals surface area (Å²) in [5.74, 6) is 1.17. The zero-order valence-corrected chi connectivity index (χ0v) is 22.0. The van der Waals surface area contributed by atoms with E-state index in [2.05, 4.69) is 20.1 Å². The number of pyridine rings is 1. The summed E-state index contributed by atoms with van der Waals surface area (Å²) in [4.78, 5) is 9.20. The lowest BCUT2D eigenvalue weighted by molar-refractivity contribution is 0.373. The Morgan fingerprint density at radius 3 is 2.74 bits per heavy atom. The number of fused-ring (bicyclic) bond motifs is 2. The zero-order chi connectivity index (χ0) is 26.7. The van der Waals surface area contributed by atoms with E-state index in [1.165, 1.54) is 0 Å². The first kappa shape index (κ1) is 23.9. The predicted molar refractivity (Wildman–Crippen MR) is 148 cm³/mol. The molecule has 0 radical (unpaired) electrons. The molecular weight excluding hydrogens is 518 g/mol. The molecule has 2 fully saturated rings. The number of nitrogens with two attached hydrogens (primary N) is 1. The Kier molecular flexibility index (Phi) is 5.45. The van der Waals surface area contributed by atoms with Crippen LogP contribution in [0.1, 0.15) is 25.7 Å². The van der Waals surface area contributed by atoms with E-state index >= 15 is 0 Å². The van der Waals surface area contributed by atoms with Crippen LogP contribution in [0.4, 0.5) is 11.5 Å². The van der Waals surface area contributed by atoms with Gasteiger partial charge in [0, 0.05) is 36.7 Å². The van der Waals surface area contributed by atoms with E-state index in [-0.39, 0.29) is 17.3 Å². The number of aromatic nitrogens is 6. The van der Waals surface area contributed by atoms with Crippen molar-refractivity contribution in [2.75, 3.05) is 17.1 Å². The summed E-state index contributed by atoms with van der Waals surface area (Å²) in [5, 5.41) is 13.3. The van der Waals surface area contributed by atoms with Crippen LogP contribution in [-0.4, -0.2) is 62.2 Å². The van der Waals surface area contributed by atoms with Crippen LogP contribution in [0, 0.1) is 0 Å². The van der Waals surface area contributed by atoms with Gasteiger partial charge in [0.2, 0.25) is 10.0 Å². The number of hydrogen-bond acceptors (Lipinski definition) is 9. The van der Waals surface area contributed by atoms with Gasteiger partial charge < -0.3 is 15.8 Å². The van der Waals surface area contributed by atoms with E-state index < -0.39 is 10.0 Å². The first-order valence-corrected chi connectivity index (χ1v) is 14.3. The Morgan fingerprint density at radius 2 is 1.97 bits per heavy atom. The quantitative estimate of drug-likeness (QED) is 0.267. The topological polar surface area (TPSA) is 154 Å². The molecule has 1 aromatic carbocycles. The molecule has 4 aromatic heterocycles. The molecule has 0 saturated heterocycles. The van der Waals surface area contributed by atoms with Crippen molar-refractivity contribution in [1.82, 2.24) is 29.4 Å². The second kappa shape index (κ2) is 8.92. The molecule has 4 N–H and O–H groups in total. The lowest BCUT2D eigenvalue weighted by atomic mass is 9.88. The first-order chi connectivity index (χ1) is 18.9. The van der Waals surface area contributed by atoms with Crippen molar-refractivity contribution >= 4 is 38.1 Å². The molecule has 12 nitrogen and oxygen atoms in total. The smallest absolute Gasteiger partial charge is 0.235 e. The van der Waals surface area contributed by atoms with Crippen LogP contribution < -0.4 is 20.5 Å². The van der Waals surface area contributed by atoms with E-state index in [0.29, 0.717) is 47.1 Å². The van der Waals surface area contributed by atoms with Crippen LogP contribution >= 0.6 is 0 Å². The van der Waals surface area contributed by atoms with Crippen molar-refractivity contribution in [1.29, 1.82) is 0 Å². The number of rotatable bonds is 8. The van der Waals surface area contributed by atoms with Crippen molar-refractivity contribution in [3.63, 3.8) is 0 Å². The molecular formula is C26H27N9O3S. The predicted octanol–water partition coefficient (Wildman–Crippen LogP) is 2.94. The summed E-state index contributed by atoms with van der Waals surface area (Å²) in [5.41, 5.74) is 10.1. The summed E-state index contributed by atoms with van der Waals surface area (Å²) in [6.07, 6.45) is 10.2. The summed E-state index contributed by atoms with van der Waals surface area (Å²) >= 11 is 0. The van der Waals surface area contributed by atoms with Crippen molar-refractivity contribution in [3.05, 3.63) is 55.1 Å². The van der Waals surface area contributed by atoms with E-state index in [1.807, 2.05) is 18.3 Å². The normalized spacial score (nSPS) is 19.2. The highest BCUT2D eigenvalue weighted by Gasteiger charge is 2.36. The van der Waals surface area contributed by atoms with Gasteiger partial charge in [-0.2, -0.15) is 5.10 Å². The fourth-order valence-corrected chi connectivity index (χ4v) is 6.35. The van der Waals surface area contributed by atoms with Gasteiger partial charge in [0.1, 0.15) is 11.4 Å². The summed E-state index contributed by atoms with van der Waals surface area (Å²) in [6.45, 7) is 0.